The molecule has 0 aliphatic carbocycles. The zero-order valence-electron chi connectivity index (χ0n) is 23.2. The van der Waals surface area contributed by atoms with Gasteiger partial charge in [-0.1, -0.05) is 82.1 Å². The van der Waals surface area contributed by atoms with Gasteiger partial charge in [-0.15, -0.1) is 0 Å². The van der Waals surface area contributed by atoms with Crippen LogP contribution in [-0.2, 0) is 32.6 Å². The third-order valence-corrected chi connectivity index (χ3v) is 9.32. The van der Waals surface area contributed by atoms with Crippen LogP contribution in [0.5, 0.6) is 0 Å². The summed E-state index contributed by atoms with van der Waals surface area (Å²) in [5.41, 5.74) is 2.82. The van der Waals surface area contributed by atoms with Crippen LogP contribution < -0.4 is 9.62 Å². The lowest BCUT2D eigenvalue weighted by Crippen LogP contribution is -2.53. The number of hydrogen-bond donors (Lipinski definition) is 1. The van der Waals surface area contributed by atoms with E-state index in [9.17, 15) is 18.0 Å². The monoisotopic (exact) mass is 667 g/mol. The van der Waals surface area contributed by atoms with Gasteiger partial charge >= 0.3 is 0 Å². The lowest BCUT2D eigenvalue weighted by atomic mass is 10.0. The van der Waals surface area contributed by atoms with Crippen molar-refractivity contribution in [2.24, 2.45) is 0 Å². The second kappa shape index (κ2) is 14.0. The van der Waals surface area contributed by atoms with E-state index < -0.39 is 28.5 Å². The van der Waals surface area contributed by atoms with E-state index in [1.165, 1.54) is 36.2 Å². The van der Waals surface area contributed by atoms with Crippen molar-refractivity contribution in [3.05, 3.63) is 129 Å². The molecule has 0 saturated heterocycles. The fourth-order valence-corrected chi connectivity index (χ4v) is 6.35. The molecular weight excluding hydrogens is 638 g/mol. The summed E-state index contributed by atoms with van der Waals surface area (Å²) in [7, 11) is -2.66. The maximum atomic E-state index is 14.3. The molecule has 0 saturated carbocycles. The quantitative estimate of drug-likeness (QED) is 0.213. The van der Waals surface area contributed by atoms with Crippen LogP contribution in [0.4, 0.5) is 5.69 Å². The van der Waals surface area contributed by atoms with E-state index in [1.807, 2.05) is 67.6 Å². The lowest BCUT2D eigenvalue weighted by Gasteiger charge is -2.33. The van der Waals surface area contributed by atoms with Crippen LogP contribution in [0, 0.1) is 6.92 Å². The summed E-state index contributed by atoms with van der Waals surface area (Å²) in [6, 6.07) is 28.7. The fourth-order valence-electron chi connectivity index (χ4n) is 4.55. The number of nitrogens with one attached hydrogen (secondary N) is 1. The molecule has 0 radical (unpaired) electrons. The third-order valence-electron chi connectivity index (χ3n) is 6.75. The Bertz CT molecular complexity index is 1630. The number of benzene rings is 4. The number of carbonyl (C=O) groups is 2. The van der Waals surface area contributed by atoms with Gasteiger partial charge in [0, 0.05) is 29.5 Å². The van der Waals surface area contributed by atoms with E-state index >= 15 is 0 Å². The number of aryl methyl sites for hydroxylation is 1. The highest BCUT2D eigenvalue weighted by atomic mass is 79.9. The molecule has 1 unspecified atom stereocenters. The number of amides is 2. The molecule has 1 atom stereocenters. The van der Waals surface area contributed by atoms with Crippen molar-refractivity contribution >= 4 is 55.1 Å². The molecular formula is C32H31BrClN3O4S. The molecule has 0 fully saturated rings. The fraction of sp³-hybridized carbons (Fsp3) is 0.188. The Labute approximate surface area is 260 Å². The molecule has 1 N–H and O–H groups in total. The summed E-state index contributed by atoms with van der Waals surface area (Å²) < 4.78 is 29.9. The second-order valence-corrected chi connectivity index (χ2v) is 13.0. The third kappa shape index (κ3) is 7.79. The Morgan fingerprint density at radius 3 is 2.17 bits per heavy atom. The van der Waals surface area contributed by atoms with Gasteiger partial charge in [0.05, 0.1) is 10.6 Å². The molecule has 42 heavy (non-hydrogen) atoms. The first kappa shape index (κ1) is 31.3. The van der Waals surface area contributed by atoms with Gasteiger partial charge in [-0.05, 0) is 72.1 Å². The minimum absolute atomic E-state index is 0.00666. The van der Waals surface area contributed by atoms with E-state index in [-0.39, 0.29) is 23.8 Å². The number of halogens is 2. The normalized spacial score (nSPS) is 11.9. The van der Waals surface area contributed by atoms with E-state index in [0.29, 0.717) is 10.7 Å². The molecule has 0 aliphatic heterocycles. The van der Waals surface area contributed by atoms with Gasteiger partial charge in [0.15, 0.2) is 0 Å². The van der Waals surface area contributed by atoms with E-state index in [4.69, 9.17) is 11.6 Å². The second-order valence-electron chi connectivity index (χ2n) is 9.77. The number of nitrogens with zero attached hydrogens (tertiary/aromatic N) is 2. The van der Waals surface area contributed by atoms with E-state index in [0.717, 1.165) is 25.5 Å². The van der Waals surface area contributed by atoms with Crippen molar-refractivity contribution in [2.45, 2.75) is 30.8 Å². The predicted octanol–water partition coefficient (Wildman–Crippen LogP) is 5.99. The topological polar surface area (TPSA) is 86.8 Å². The van der Waals surface area contributed by atoms with Crippen LogP contribution >= 0.6 is 27.5 Å². The first-order valence-corrected chi connectivity index (χ1v) is 15.8. The average Bonchev–Trinajstić information content (AvgIpc) is 2.98. The molecule has 7 nitrogen and oxygen atoms in total. The van der Waals surface area contributed by atoms with Gasteiger partial charge in [0.2, 0.25) is 11.8 Å². The zero-order valence-corrected chi connectivity index (χ0v) is 26.4. The van der Waals surface area contributed by atoms with Crippen LogP contribution in [0.25, 0.3) is 0 Å². The maximum Gasteiger partial charge on any atom is 0.264 e. The van der Waals surface area contributed by atoms with Crippen molar-refractivity contribution < 1.29 is 18.0 Å². The van der Waals surface area contributed by atoms with Crippen LogP contribution in [0.2, 0.25) is 5.02 Å². The summed E-state index contributed by atoms with van der Waals surface area (Å²) >= 11 is 9.46. The van der Waals surface area contributed by atoms with Gasteiger partial charge in [-0.25, -0.2) is 8.42 Å². The van der Waals surface area contributed by atoms with Crippen molar-refractivity contribution in [3.63, 3.8) is 0 Å². The molecule has 218 valence electrons. The van der Waals surface area contributed by atoms with Crippen LogP contribution in [0.1, 0.15) is 16.7 Å². The minimum Gasteiger partial charge on any atom is -0.357 e. The number of rotatable bonds is 11. The molecule has 4 rings (SSSR count). The smallest absolute Gasteiger partial charge is 0.264 e. The number of anilines is 1. The largest absolute Gasteiger partial charge is 0.357 e. The molecule has 4 aromatic carbocycles. The van der Waals surface area contributed by atoms with Crippen molar-refractivity contribution in [1.29, 1.82) is 0 Å². The zero-order chi connectivity index (χ0) is 30.3. The van der Waals surface area contributed by atoms with Gasteiger partial charge in [-0.2, -0.15) is 0 Å². The van der Waals surface area contributed by atoms with Gasteiger partial charge in [-0.3, -0.25) is 13.9 Å². The summed E-state index contributed by atoms with van der Waals surface area (Å²) in [5.74, 6) is -0.881. The van der Waals surface area contributed by atoms with Gasteiger partial charge in [0.1, 0.15) is 12.6 Å². The standard InChI is InChI=1S/C32H31BrClN3O4S/c1-23-7-6-10-28(19-23)37(42(40,41)29-17-15-27(34)16-18-29)22-31(38)36(21-25-11-13-26(33)14-12-25)30(32(39)35-2)20-24-8-4-3-5-9-24/h3-19,30H,20-22H2,1-2H3,(H,35,39). The van der Waals surface area contributed by atoms with E-state index in [2.05, 4.69) is 21.2 Å². The SMILES string of the molecule is CNC(=O)C(Cc1ccccc1)N(Cc1ccc(Br)cc1)C(=O)CN(c1cccc(C)c1)S(=O)(=O)c1ccc(Cl)cc1. The Morgan fingerprint density at radius 2 is 1.55 bits per heavy atom. The Balaban J connectivity index is 1.78. The number of hydrogen-bond acceptors (Lipinski definition) is 4. The Morgan fingerprint density at radius 1 is 0.881 bits per heavy atom. The Kier molecular flexibility index (Phi) is 10.4. The highest BCUT2D eigenvalue weighted by Gasteiger charge is 2.34. The van der Waals surface area contributed by atoms with Gasteiger partial charge < -0.3 is 10.2 Å². The van der Waals surface area contributed by atoms with Crippen molar-refractivity contribution in [3.8, 4) is 0 Å². The predicted molar refractivity (Wildman–Crippen MR) is 170 cm³/mol. The van der Waals surface area contributed by atoms with Crippen LogP contribution in [0.15, 0.2) is 112 Å². The van der Waals surface area contributed by atoms with Crippen molar-refractivity contribution in [1.82, 2.24) is 10.2 Å². The first-order valence-electron chi connectivity index (χ1n) is 13.2. The van der Waals surface area contributed by atoms with Crippen LogP contribution in [0.3, 0.4) is 0 Å². The maximum absolute atomic E-state index is 14.3. The Hall–Kier alpha value is -3.66. The highest BCUT2D eigenvalue weighted by Crippen LogP contribution is 2.27. The summed E-state index contributed by atoms with van der Waals surface area (Å²) in [6.07, 6.45) is 0.247. The first-order chi connectivity index (χ1) is 20.1. The molecule has 4 aromatic rings. The molecule has 0 aliphatic rings. The molecule has 0 bridgehead atoms. The highest BCUT2D eigenvalue weighted by molar-refractivity contribution is 9.10. The van der Waals surface area contributed by atoms with Gasteiger partial charge in [0.25, 0.3) is 10.0 Å². The summed E-state index contributed by atoms with van der Waals surface area (Å²) in [5, 5.41) is 3.08. The molecule has 0 aromatic heterocycles. The van der Waals surface area contributed by atoms with Crippen LogP contribution in [-0.4, -0.2) is 44.8 Å². The minimum atomic E-state index is -4.18. The van der Waals surface area contributed by atoms with Crippen molar-refractivity contribution in [2.75, 3.05) is 17.9 Å². The molecule has 0 heterocycles. The van der Waals surface area contributed by atoms with E-state index in [1.54, 1.807) is 18.2 Å². The number of carbonyl (C=O) groups excluding carboxylic acids is 2. The average molecular weight is 669 g/mol. The molecule has 10 heteroatoms. The summed E-state index contributed by atoms with van der Waals surface area (Å²) in [4.78, 5) is 29.0. The molecule has 0 spiro atoms. The number of likely N-dealkylation sites (N-methyl/N-ethyl adjacent to an activating group) is 1. The number of sulfonamides is 1. The summed E-state index contributed by atoms with van der Waals surface area (Å²) in [6.45, 7) is 1.42. The lowest BCUT2D eigenvalue weighted by molar-refractivity contribution is -0.139. The molecule has 2 amide bonds.